The zero-order chi connectivity index (χ0) is 16.6. The number of sulfonamides is 1. The maximum absolute atomic E-state index is 12.8. The van der Waals surface area contributed by atoms with Gasteiger partial charge in [0.05, 0.1) is 21.6 Å². The summed E-state index contributed by atoms with van der Waals surface area (Å²) in [5.41, 5.74) is 3.95. The molecule has 2 aromatic carbocycles. The second kappa shape index (κ2) is 5.62. The van der Waals surface area contributed by atoms with Crippen LogP contribution >= 0.6 is 0 Å². The molecule has 0 unspecified atom stereocenters. The molecule has 0 fully saturated rings. The molecule has 0 atom stereocenters. The van der Waals surface area contributed by atoms with Crippen molar-refractivity contribution in [3.63, 3.8) is 0 Å². The minimum atomic E-state index is -3.61. The van der Waals surface area contributed by atoms with Crippen molar-refractivity contribution in [3.05, 3.63) is 59.9 Å². The van der Waals surface area contributed by atoms with Crippen LogP contribution in [0.1, 0.15) is 11.1 Å². The van der Waals surface area contributed by atoms with Gasteiger partial charge in [0.1, 0.15) is 0 Å². The average molecular weight is 327 g/mol. The molecule has 6 heteroatoms. The van der Waals surface area contributed by atoms with Crippen molar-refractivity contribution < 1.29 is 8.42 Å². The first kappa shape index (κ1) is 15.4. The molecule has 0 radical (unpaired) electrons. The van der Waals surface area contributed by atoms with Crippen LogP contribution in [-0.4, -0.2) is 25.4 Å². The quantitative estimate of drug-likeness (QED) is 0.741. The van der Waals surface area contributed by atoms with Gasteiger partial charge in [0.25, 0.3) is 10.0 Å². The van der Waals surface area contributed by atoms with Crippen LogP contribution < -0.4 is 4.31 Å². The maximum atomic E-state index is 12.8. The summed E-state index contributed by atoms with van der Waals surface area (Å²) >= 11 is 0. The van der Waals surface area contributed by atoms with Gasteiger partial charge in [-0.05, 0) is 55.3 Å². The van der Waals surface area contributed by atoms with Crippen LogP contribution in [0.4, 0.5) is 5.69 Å². The van der Waals surface area contributed by atoms with Gasteiger partial charge in [-0.2, -0.15) is 0 Å². The van der Waals surface area contributed by atoms with Gasteiger partial charge in [0, 0.05) is 19.4 Å². The number of nitrogens with zero attached hydrogens (tertiary/aromatic N) is 3. The molecule has 0 saturated carbocycles. The highest BCUT2D eigenvalue weighted by Crippen LogP contribution is 2.25. The lowest BCUT2D eigenvalue weighted by Crippen LogP contribution is -2.26. The van der Waals surface area contributed by atoms with Crippen molar-refractivity contribution in [1.29, 1.82) is 0 Å². The summed E-state index contributed by atoms with van der Waals surface area (Å²) in [7, 11) is -2.07. The molecule has 3 rings (SSSR count). The summed E-state index contributed by atoms with van der Waals surface area (Å²) in [5.74, 6) is 0. The van der Waals surface area contributed by atoms with Crippen LogP contribution in [0.5, 0.6) is 0 Å². The number of rotatable bonds is 3. The predicted octanol–water partition coefficient (Wildman–Crippen LogP) is 3.07. The third-order valence-corrected chi connectivity index (χ3v) is 5.73. The third-order valence-electron chi connectivity index (χ3n) is 3.95. The summed E-state index contributed by atoms with van der Waals surface area (Å²) in [4.78, 5) is 8.69. The Labute approximate surface area is 135 Å². The summed E-state index contributed by atoms with van der Waals surface area (Å²) in [5, 5.41) is 0. The van der Waals surface area contributed by atoms with E-state index in [1.807, 2.05) is 19.9 Å². The summed E-state index contributed by atoms with van der Waals surface area (Å²) in [6.45, 7) is 3.86. The highest BCUT2D eigenvalue weighted by molar-refractivity contribution is 7.92. The average Bonchev–Trinajstić information content (AvgIpc) is 2.56. The lowest BCUT2D eigenvalue weighted by Gasteiger charge is -2.20. The van der Waals surface area contributed by atoms with Crippen molar-refractivity contribution >= 4 is 26.7 Å². The Morgan fingerprint density at radius 3 is 2.26 bits per heavy atom. The van der Waals surface area contributed by atoms with Crippen molar-refractivity contribution in [2.45, 2.75) is 18.7 Å². The van der Waals surface area contributed by atoms with Crippen molar-refractivity contribution in [2.75, 3.05) is 11.4 Å². The summed E-state index contributed by atoms with van der Waals surface area (Å²) < 4.78 is 26.9. The minimum absolute atomic E-state index is 0.280. The van der Waals surface area contributed by atoms with Crippen LogP contribution in [0.25, 0.3) is 11.0 Å². The molecule has 0 N–H and O–H groups in total. The highest BCUT2D eigenvalue weighted by atomic mass is 32.2. The first-order valence-corrected chi connectivity index (χ1v) is 8.60. The fourth-order valence-corrected chi connectivity index (χ4v) is 3.59. The molecular formula is C17H17N3O2S. The molecule has 1 heterocycles. The maximum Gasteiger partial charge on any atom is 0.264 e. The smallest absolute Gasteiger partial charge is 0.264 e. The minimum Gasteiger partial charge on any atom is -0.269 e. The van der Waals surface area contributed by atoms with Crippen LogP contribution in [0, 0.1) is 13.8 Å². The van der Waals surface area contributed by atoms with Gasteiger partial charge in [-0.15, -0.1) is 0 Å². The Hall–Kier alpha value is -2.47. The second-order valence-corrected chi connectivity index (χ2v) is 7.42. The molecule has 0 aliphatic rings. The second-order valence-electron chi connectivity index (χ2n) is 5.45. The number of aromatic nitrogens is 2. The lowest BCUT2D eigenvalue weighted by molar-refractivity contribution is 0.594. The van der Waals surface area contributed by atoms with Gasteiger partial charge in [0.15, 0.2) is 0 Å². The molecule has 0 aliphatic carbocycles. The molecule has 118 valence electrons. The van der Waals surface area contributed by atoms with Gasteiger partial charge in [0.2, 0.25) is 0 Å². The van der Waals surface area contributed by atoms with Crippen molar-refractivity contribution in [1.82, 2.24) is 9.97 Å². The zero-order valence-electron chi connectivity index (χ0n) is 13.2. The number of benzene rings is 2. The monoisotopic (exact) mass is 327 g/mol. The molecule has 1 aromatic heterocycles. The Balaban J connectivity index is 2.05. The van der Waals surface area contributed by atoms with E-state index in [2.05, 4.69) is 9.97 Å². The van der Waals surface area contributed by atoms with Gasteiger partial charge in [-0.3, -0.25) is 14.3 Å². The molecule has 0 spiro atoms. The van der Waals surface area contributed by atoms with Crippen molar-refractivity contribution in [3.8, 4) is 0 Å². The van der Waals surface area contributed by atoms with Gasteiger partial charge in [-0.1, -0.05) is 6.07 Å². The number of aryl methyl sites for hydroxylation is 2. The number of hydrogen-bond acceptors (Lipinski definition) is 4. The van der Waals surface area contributed by atoms with Gasteiger partial charge in [-0.25, -0.2) is 8.42 Å². The molecule has 5 nitrogen and oxygen atoms in total. The predicted molar refractivity (Wildman–Crippen MR) is 91.0 cm³/mol. The van der Waals surface area contributed by atoms with E-state index >= 15 is 0 Å². The van der Waals surface area contributed by atoms with E-state index in [1.54, 1.807) is 49.8 Å². The van der Waals surface area contributed by atoms with E-state index in [9.17, 15) is 8.42 Å². The van der Waals surface area contributed by atoms with E-state index in [4.69, 9.17) is 0 Å². The molecular weight excluding hydrogens is 310 g/mol. The molecule has 0 amide bonds. The Kier molecular flexibility index (Phi) is 3.77. The first-order chi connectivity index (χ1) is 10.9. The van der Waals surface area contributed by atoms with Gasteiger partial charge < -0.3 is 0 Å². The Bertz CT molecular complexity index is 984. The topological polar surface area (TPSA) is 63.2 Å². The van der Waals surface area contributed by atoms with E-state index in [0.717, 1.165) is 16.6 Å². The normalized spacial score (nSPS) is 11.6. The van der Waals surface area contributed by atoms with E-state index in [1.165, 1.54) is 4.31 Å². The fourth-order valence-electron chi connectivity index (χ4n) is 2.32. The standard InChI is InChI=1S/C17H17N3O2S/c1-12-4-6-15(10-13(12)2)23(21,22)20(3)14-5-7-16-17(11-14)19-9-8-18-16/h4-11H,1-3H3. The lowest BCUT2D eigenvalue weighted by atomic mass is 10.1. The molecule has 23 heavy (non-hydrogen) atoms. The fraction of sp³-hybridized carbons (Fsp3) is 0.176. The summed E-state index contributed by atoms with van der Waals surface area (Å²) in [6, 6.07) is 10.4. The number of fused-ring (bicyclic) bond motifs is 1. The number of hydrogen-bond donors (Lipinski definition) is 0. The molecule has 0 aliphatic heterocycles. The summed E-state index contributed by atoms with van der Waals surface area (Å²) in [6.07, 6.45) is 3.20. The van der Waals surface area contributed by atoms with Crippen molar-refractivity contribution in [2.24, 2.45) is 0 Å². The van der Waals surface area contributed by atoms with E-state index in [-0.39, 0.29) is 4.90 Å². The Morgan fingerprint density at radius 1 is 0.870 bits per heavy atom. The molecule has 0 saturated heterocycles. The van der Waals surface area contributed by atoms with Gasteiger partial charge >= 0.3 is 0 Å². The van der Waals surface area contributed by atoms with E-state index in [0.29, 0.717) is 11.2 Å². The van der Waals surface area contributed by atoms with E-state index < -0.39 is 10.0 Å². The zero-order valence-corrected chi connectivity index (χ0v) is 14.0. The van der Waals surface area contributed by atoms with Crippen LogP contribution in [-0.2, 0) is 10.0 Å². The molecule has 3 aromatic rings. The number of anilines is 1. The largest absolute Gasteiger partial charge is 0.269 e. The van der Waals surface area contributed by atoms with Crippen LogP contribution in [0.2, 0.25) is 0 Å². The van der Waals surface area contributed by atoms with Crippen LogP contribution in [0.15, 0.2) is 53.7 Å². The third kappa shape index (κ3) is 2.77. The SMILES string of the molecule is Cc1ccc(S(=O)(=O)N(C)c2ccc3nccnc3c2)cc1C. The first-order valence-electron chi connectivity index (χ1n) is 7.16. The molecule has 0 bridgehead atoms. The highest BCUT2D eigenvalue weighted by Gasteiger charge is 2.22. The Morgan fingerprint density at radius 2 is 1.57 bits per heavy atom. The van der Waals surface area contributed by atoms with Crippen LogP contribution in [0.3, 0.4) is 0 Å².